The highest BCUT2D eigenvalue weighted by atomic mass is 16.5. The van der Waals surface area contributed by atoms with Crippen LogP contribution in [0.1, 0.15) is 51.0 Å². The Morgan fingerprint density at radius 2 is 1.70 bits per heavy atom. The largest absolute Gasteiger partial charge is 0.424 e. The van der Waals surface area contributed by atoms with E-state index in [1.807, 2.05) is 12.1 Å². The molecule has 1 heterocycles. The predicted octanol–water partition coefficient (Wildman–Crippen LogP) is 4.96. The van der Waals surface area contributed by atoms with Gasteiger partial charge < -0.3 is 10.1 Å². The minimum atomic E-state index is 0.393. The Kier molecular flexibility index (Phi) is 4.39. The summed E-state index contributed by atoms with van der Waals surface area (Å²) in [6.07, 6.45) is 12.2. The summed E-state index contributed by atoms with van der Waals surface area (Å²) in [4.78, 5) is 8.27. The summed E-state index contributed by atoms with van der Waals surface area (Å²) < 4.78 is 5.78. The van der Waals surface area contributed by atoms with Gasteiger partial charge in [-0.1, -0.05) is 12.1 Å². The van der Waals surface area contributed by atoms with Crippen molar-refractivity contribution in [2.75, 3.05) is 0 Å². The molecule has 27 heavy (non-hydrogen) atoms. The molecule has 4 aliphatic carbocycles. The summed E-state index contributed by atoms with van der Waals surface area (Å²) >= 11 is 0. The van der Waals surface area contributed by atoms with Crippen molar-refractivity contribution in [1.29, 1.82) is 0 Å². The lowest BCUT2D eigenvalue weighted by molar-refractivity contribution is -0.0706. The summed E-state index contributed by atoms with van der Waals surface area (Å²) in [5.74, 6) is 3.80. The molecule has 1 aromatic carbocycles. The van der Waals surface area contributed by atoms with Crippen molar-refractivity contribution in [1.82, 2.24) is 15.3 Å². The van der Waals surface area contributed by atoms with E-state index in [1.165, 1.54) is 44.1 Å². The van der Waals surface area contributed by atoms with Crippen LogP contribution in [0.25, 0.3) is 0 Å². The second kappa shape index (κ2) is 6.90. The van der Waals surface area contributed by atoms with E-state index >= 15 is 0 Å². The van der Waals surface area contributed by atoms with Crippen LogP contribution >= 0.6 is 0 Å². The Labute approximate surface area is 161 Å². The van der Waals surface area contributed by atoms with Crippen molar-refractivity contribution < 1.29 is 4.74 Å². The van der Waals surface area contributed by atoms with Gasteiger partial charge in [0.25, 0.3) is 0 Å². The van der Waals surface area contributed by atoms with Crippen LogP contribution in [0.2, 0.25) is 0 Å². The van der Waals surface area contributed by atoms with Gasteiger partial charge in [-0.25, -0.2) is 9.97 Å². The molecule has 1 atom stereocenters. The van der Waals surface area contributed by atoms with Gasteiger partial charge in [-0.2, -0.15) is 0 Å². The third kappa shape index (κ3) is 3.47. The minimum Gasteiger partial charge on any atom is -0.424 e. The van der Waals surface area contributed by atoms with Crippen molar-refractivity contribution >= 4 is 0 Å². The van der Waals surface area contributed by atoms with Gasteiger partial charge in [0.15, 0.2) is 0 Å². The molecule has 1 aromatic heterocycles. The third-order valence-electron chi connectivity index (χ3n) is 7.27. The number of benzene rings is 1. The highest BCUT2D eigenvalue weighted by molar-refractivity contribution is 5.30. The van der Waals surface area contributed by atoms with Crippen molar-refractivity contribution in [2.24, 2.45) is 23.2 Å². The normalized spacial score (nSPS) is 32.4. The Hall–Kier alpha value is -1.94. The van der Waals surface area contributed by atoms with Crippen LogP contribution in [-0.2, 0) is 6.54 Å². The molecule has 1 N–H and O–H groups in total. The molecule has 4 heteroatoms. The molecule has 0 radical (unpaired) electrons. The Balaban J connectivity index is 1.23. The smallest absolute Gasteiger partial charge is 0.321 e. The zero-order chi connectivity index (χ0) is 18.3. The summed E-state index contributed by atoms with van der Waals surface area (Å²) in [5, 5.41) is 3.86. The van der Waals surface area contributed by atoms with Crippen LogP contribution in [0, 0.1) is 23.2 Å². The molecule has 4 bridgehead atoms. The van der Waals surface area contributed by atoms with Gasteiger partial charge in [-0.05, 0) is 92.4 Å². The summed E-state index contributed by atoms with van der Waals surface area (Å²) in [7, 11) is 0. The van der Waals surface area contributed by atoms with Gasteiger partial charge in [-0.3, -0.25) is 0 Å². The third-order valence-corrected chi connectivity index (χ3v) is 7.27. The molecule has 4 aliphatic rings. The Morgan fingerprint density at radius 1 is 1.04 bits per heavy atom. The molecule has 0 saturated heterocycles. The first kappa shape index (κ1) is 17.2. The summed E-state index contributed by atoms with van der Waals surface area (Å²) in [6, 6.07) is 11.0. The second-order valence-electron chi connectivity index (χ2n) is 9.16. The predicted molar refractivity (Wildman–Crippen MR) is 105 cm³/mol. The van der Waals surface area contributed by atoms with Gasteiger partial charge in [0.2, 0.25) is 0 Å². The maximum atomic E-state index is 5.78. The highest BCUT2D eigenvalue weighted by Gasteiger charge is 2.52. The van der Waals surface area contributed by atoms with Crippen molar-refractivity contribution in [2.45, 2.75) is 58.0 Å². The topological polar surface area (TPSA) is 47.0 Å². The molecule has 6 rings (SSSR count). The molecule has 0 amide bonds. The number of nitrogens with zero attached hydrogens (tertiary/aromatic N) is 2. The number of rotatable bonds is 6. The maximum Gasteiger partial charge on any atom is 0.321 e. The molecule has 4 saturated carbocycles. The first-order chi connectivity index (χ1) is 13.2. The van der Waals surface area contributed by atoms with Gasteiger partial charge in [0.05, 0.1) is 0 Å². The average Bonchev–Trinajstić information content (AvgIpc) is 2.66. The fourth-order valence-electron chi connectivity index (χ4n) is 6.36. The molecule has 1 unspecified atom stereocenters. The number of ether oxygens (including phenoxy) is 1. The van der Waals surface area contributed by atoms with Gasteiger partial charge in [0.1, 0.15) is 5.75 Å². The van der Waals surface area contributed by atoms with E-state index in [1.54, 1.807) is 18.5 Å². The highest BCUT2D eigenvalue weighted by Crippen LogP contribution is 2.61. The van der Waals surface area contributed by atoms with Crippen LogP contribution in [-0.4, -0.2) is 16.0 Å². The standard InChI is InChI=1S/C23H29N3O/c1-16(23-12-18-8-19(13-23)10-20(9-18)14-23)26-15-17-4-2-5-21(11-17)27-22-24-6-3-7-25-22/h2-7,11,16,18-20,26H,8-10,12-15H2,1H3. The lowest BCUT2D eigenvalue weighted by Gasteiger charge is -2.59. The summed E-state index contributed by atoms with van der Waals surface area (Å²) in [6.45, 7) is 3.31. The quantitative estimate of drug-likeness (QED) is 0.788. The van der Waals surface area contributed by atoms with Gasteiger partial charge in [0, 0.05) is 25.0 Å². The lowest BCUT2D eigenvalue weighted by atomic mass is 9.48. The van der Waals surface area contributed by atoms with E-state index in [4.69, 9.17) is 4.74 Å². The molecule has 0 spiro atoms. The molecular formula is C23H29N3O. The van der Waals surface area contributed by atoms with Crippen molar-refractivity contribution in [3.8, 4) is 11.8 Å². The van der Waals surface area contributed by atoms with Crippen LogP contribution in [0.5, 0.6) is 11.8 Å². The number of aromatic nitrogens is 2. The monoisotopic (exact) mass is 363 g/mol. The molecule has 4 fully saturated rings. The first-order valence-corrected chi connectivity index (χ1v) is 10.5. The van der Waals surface area contributed by atoms with Gasteiger partial charge in [-0.15, -0.1) is 0 Å². The van der Waals surface area contributed by atoms with Crippen molar-refractivity contribution in [3.05, 3.63) is 48.3 Å². The zero-order valence-electron chi connectivity index (χ0n) is 16.1. The van der Waals surface area contributed by atoms with Crippen LogP contribution in [0.4, 0.5) is 0 Å². The SMILES string of the molecule is CC(NCc1cccc(Oc2ncccn2)c1)C12CC3CC(CC(C3)C1)C2. The number of nitrogens with one attached hydrogen (secondary N) is 1. The van der Waals surface area contributed by atoms with Crippen LogP contribution < -0.4 is 10.1 Å². The van der Waals surface area contributed by atoms with E-state index in [-0.39, 0.29) is 0 Å². The molecular weight excluding hydrogens is 334 g/mol. The van der Waals surface area contributed by atoms with E-state index in [2.05, 4.69) is 34.3 Å². The van der Waals surface area contributed by atoms with Gasteiger partial charge >= 0.3 is 6.01 Å². The van der Waals surface area contributed by atoms with E-state index in [0.717, 1.165) is 30.0 Å². The second-order valence-corrected chi connectivity index (χ2v) is 9.16. The fraction of sp³-hybridized carbons (Fsp3) is 0.565. The van der Waals surface area contributed by atoms with Crippen LogP contribution in [0.15, 0.2) is 42.7 Å². The van der Waals surface area contributed by atoms with E-state index in [0.29, 0.717) is 17.5 Å². The molecule has 0 aliphatic heterocycles. The Bertz CT molecular complexity index is 756. The summed E-state index contributed by atoms with van der Waals surface area (Å²) in [5.41, 5.74) is 1.79. The van der Waals surface area contributed by atoms with E-state index < -0.39 is 0 Å². The van der Waals surface area contributed by atoms with Crippen molar-refractivity contribution in [3.63, 3.8) is 0 Å². The minimum absolute atomic E-state index is 0.393. The fourth-order valence-corrected chi connectivity index (χ4v) is 6.36. The maximum absolute atomic E-state index is 5.78. The zero-order valence-corrected chi connectivity index (χ0v) is 16.1. The molecule has 4 nitrogen and oxygen atoms in total. The molecule has 142 valence electrons. The molecule has 2 aromatic rings. The first-order valence-electron chi connectivity index (χ1n) is 10.5. The lowest BCUT2D eigenvalue weighted by Crippen LogP contribution is -2.54. The van der Waals surface area contributed by atoms with Crippen LogP contribution in [0.3, 0.4) is 0 Å². The Morgan fingerprint density at radius 3 is 2.37 bits per heavy atom. The van der Waals surface area contributed by atoms with E-state index in [9.17, 15) is 0 Å². The number of hydrogen-bond donors (Lipinski definition) is 1. The number of hydrogen-bond acceptors (Lipinski definition) is 4. The average molecular weight is 364 g/mol.